The summed E-state index contributed by atoms with van der Waals surface area (Å²) in [6, 6.07) is 14.4. The normalized spacial score (nSPS) is 11.3. The summed E-state index contributed by atoms with van der Waals surface area (Å²) in [4.78, 5) is 4.37. The quantitative estimate of drug-likeness (QED) is 0.401. The Morgan fingerprint density at radius 2 is 1.73 bits per heavy atom. The van der Waals surface area contributed by atoms with E-state index >= 15 is 0 Å². The van der Waals surface area contributed by atoms with Crippen LogP contribution in [-0.4, -0.2) is 32.5 Å². The molecule has 0 aliphatic rings. The number of nitrogens with one attached hydrogen (secondary N) is 1. The van der Waals surface area contributed by atoms with Crippen molar-refractivity contribution in [3.05, 3.63) is 59.2 Å². The highest BCUT2D eigenvalue weighted by atomic mass is 32.2. The molecule has 140 valence electrons. The van der Waals surface area contributed by atoms with Gasteiger partial charge in [0.2, 0.25) is 0 Å². The van der Waals surface area contributed by atoms with Gasteiger partial charge in [0.05, 0.1) is 20.8 Å². The number of aryl methyl sites for hydroxylation is 1. The van der Waals surface area contributed by atoms with Crippen LogP contribution in [0.5, 0.6) is 11.5 Å². The van der Waals surface area contributed by atoms with Crippen molar-refractivity contribution in [1.82, 2.24) is 5.32 Å². The number of nitrogens with two attached hydrogens (primary N) is 1. The Hall–Kier alpha value is -2.34. The highest BCUT2D eigenvalue weighted by Crippen LogP contribution is 2.27. The molecule has 2 aromatic carbocycles. The summed E-state index contributed by atoms with van der Waals surface area (Å²) >= 11 is 1.87. The molecule has 0 aliphatic heterocycles. The van der Waals surface area contributed by atoms with Crippen LogP contribution in [0.4, 0.5) is 0 Å². The lowest BCUT2D eigenvalue weighted by Crippen LogP contribution is -2.33. The van der Waals surface area contributed by atoms with Crippen molar-refractivity contribution >= 4 is 17.7 Å². The molecule has 3 N–H and O–H groups in total. The van der Waals surface area contributed by atoms with E-state index in [4.69, 9.17) is 15.2 Å². The van der Waals surface area contributed by atoms with Gasteiger partial charge in [-0.1, -0.05) is 35.9 Å². The molecule has 26 heavy (non-hydrogen) atoms. The van der Waals surface area contributed by atoms with Gasteiger partial charge in [-0.25, -0.2) is 4.99 Å². The van der Waals surface area contributed by atoms with Gasteiger partial charge in [-0.05, 0) is 30.2 Å². The summed E-state index contributed by atoms with van der Waals surface area (Å²) in [5.41, 5.74) is 9.58. The number of hydrogen-bond donors (Lipinski definition) is 2. The first kappa shape index (κ1) is 20.0. The van der Waals surface area contributed by atoms with Crippen molar-refractivity contribution in [3.63, 3.8) is 0 Å². The van der Waals surface area contributed by atoms with Crippen molar-refractivity contribution in [3.8, 4) is 11.5 Å². The lowest BCUT2D eigenvalue weighted by molar-refractivity contribution is 0.354. The van der Waals surface area contributed by atoms with Crippen molar-refractivity contribution in [2.75, 3.05) is 26.5 Å². The number of rotatable bonds is 9. The number of thioether (sulfide) groups is 1. The summed E-state index contributed by atoms with van der Waals surface area (Å²) < 4.78 is 10.5. The third-order valence-electron chi connectivity index (χ3n) is 3.82. The predicted molar refractivity (Wildman–Crippen MR) is 110 cm³/mol. The van der Waals surface area contributed by atoms with Crippen LogP contribution >= 0.6 is 11.8 Å². The smallest absolute Gasteiger partial charge is 0.188 e. The van der Waals surface area contributed by atoms with Crippen LogP contribution < -0.4 is 20.5 Å². The fourth-order valence-electron chi connectivity index (χ4n) is 2.34. The van der Waals surface area contributed by atoms with Gasteiger partial charge in [0.1, 0.15) is 0 Å². The third kappa shape index (κ3) is 6.52. The minimum absolute atomic E-state index is 0.454. The van der Waals surface area contributed by atoms with Gasteiger partial charge in [-0.2, -0.15) is 11.8 Å². The average molecular weight is 374 g/mol. The molecule has 0 aliphatic carbocycles. The van der Waals surface area contributed by atoms with E-state index in [0.29, 0.717) is 24.0 Å². The topological polar surface area (TPSA) is 68.9 Å². The van der Waals surface area contributed by atoms with Gasteiger partial charge >= 0.3 is 0 Å². The van der Waals surface area contributed by atoms with E-state index in [1.54, 1.807) is 14.2 Å². The Morgan fingerprint density at radius 3 is 2.42 bits per heavy atom. The Kier molecular flexibility index (Phi) is 8.15. The first-order valence-electron chi connectivity index (χ1n) is 8.50. The Bertz CT molecular complexity index is 717. The second kappa shape index (κ2) is 10.6. The first-order chi connectivity index (χ1) is 12.6. The molecule has 6 heteroatoms. The van der Waals surface area contributed by atoms with E-state index in [0.717, 1.165) is 23.6 Å². The summed E-state index contributed by atoms with van der Waals surface area (Å²) in [5, 5.41) is 3.15. The largest absolute Gasteiger partial charge is 0.493 e. The Labute approximate surface area is 160 Å². The van der Waals surface area contributed by atoms with E-state index in [1.165, 1.54) is 11.1 Å². The summed E-state index contributed by atoms with van der Waals surface area (Å²) in [6.45, 7) is 3.39. The Morgan fingerprint density at radius 1 is 1.04 bits per heavy atom. The van der Waals surface area contributed by atoms with E-state index < -0.39 is 0 Å². The van der Waals surface area contributed by atoms with E-state index in [1.807, 2.05) is 30.0 Å². The van der Waals surface area contributed by atoms with Gasteiger partial charge in [0.15, 0.2) is 17.5 Å². The van der Waals surface area contributed by atoms with Gasteiger partial charge in [0, 0.05) is 18.1 Å². The van der Waals surface area contributed by atoms with Crippen molar-refractivity contribution in [1.29, 1.82) is 0 Å². The number of hydrogen-bond acceptors (Lipinski definition) is 4. The molecule has 2 aromatic rings. The van der Waals surface area contributed by atoms with Gasteiger partial charge in [-0.15, -0.1) is 0 Å². The molecule has 0 unspecified atom stereocenters. The molecule has 0 aromatic heterocycles. The molecule has 0 fully saturated rings. The van der Waals surface area contributed by atoms with Crippen LogP contribution in [0.3, 0.4) is 0 Å². The van der Waals surface area contributed by atoms with Gasteiger partial charge in [0.25, 0.3) is 0 Å². The van der Waals surface area contributed by atoms with Crippen LogP contribution in [0, 0.1) is 6.92 Å². The molecule has 2 rings (SSSR count). The summed E-state index contributed by atoms with van der Waals surface area (Å²) in [6.07, 6.45) is 0. The molecular formula is C20H27N3O2S. The molecule has 0 atom stereocenters. The fraction of sp³-hybridized carbons (Fsp3) is 0.350. The molecule has 0 spiro atoms. The monoisotopic (exact) mass is 373 g/mol. The summed E-state index contributed by atoms with van der Waals surface area (Å²) in [5.74, 6) is 3.83. The lowest BCUT2D eigenvalue weighted by Gasteiger charge is -2.09. The van der Waals surface area contributed by atoms with Crippen LogP contribution in [0.15, 0.2) is 47.5 Å². The Balaban J connectivity index is 1.70. The maximum atomic E-state index is 5.93. The first-order valence-corrected chi connectivity index (χ1v) is 9.66. The summed E-state index contributed by atoms with van der Waals surface area (Å²) in [7, 11) is 3.24. The molecule has 0 heterocycles. The van der Waals surface area contributed by atoms with E-state index in [2.05, 4.69) is 41.5 Å². The number of benzene rings is 2. The number of nitrogens with zero attached hydrogens (tertiary/aromatic N) is 1. The standard InChI is InChI=1S/C20H27N3O2S/c1-15-4-6-16(7-5-15)14-26-11-10-22-20(21)23-13-17-8-9-18(24-2)19(12-17)25-3/h4-9,12H,10-11,13-14H2,1-3H3,(H3,21,22,23). The molecule has 0 radical (unpaired) electrons. The third-order valence-corrected chi connectivity index (χ3v) is 4.85. The van der Waals surface area contributed by atoms with Crippen LogP contribution in [0.1, 0.15) is 16.7 Å². The van der Waals surface area contributed by atoms with Crippen molar-refractivity contribution in [2.24, 2.45) is 10.7 Å². The minimum atomic E-state index is 0.454. The van der Waals surface area contributed by atoms with Crippen molar-refractivity contribution < 1.29 is 9.47 Å². The number of guanidine groups is 1. The molecular weight excluding hydrogens is 346 g/mol. The zero-order chi connectivity index (χ0) is 18.8. The lowest BCUT2D eigenvalue weighted by atomic mass is 10.2. The molecule has 0 saturated heterocycles. The molecule has 0 amide bonds. The molecule has 0 saturated carbocycles. The fourth-order valence-corrected chi connectivity index (χ4v) is 3.16. The highest BCUT2D eigenvalue weighted by molar-refractivity contribution is 7.98. The number of methoxy groups -OCH3 is 2. The van der Waals surface area contributed by atoms with Crippen molar-refractivity contribution in [2.45, 2.75) is 19.2 Å². The molecule has 0 bridgehead atoms. The van der Waals surface area contributed by atoms with Gasteiger partial charge in [-0.3, -0.25) is 0 Å². The number of ether oxygens (including phenoxy) is 2. The van der Waals surface area contributed by atoms with Crippen LogP contribution in [0.2, 0.25) is 0 Å². The SMILES string of the molecule is COc1ccc(CN=C(N)NCCSCc2ccc(C)cc2)cc1OC. The second-order valence-electron chi connectivity index (χ2n) is 5.86. The minimum Gasteiger partial charge on any atom is -0.493 e. The maximum absolute atomic E-state index is 5.93. The van der Waals surface area contributed by atoms with Crippen LogP contribution in [-0.2, 0) is 12.3 Å². The second-order valence-corrected chi connectivity index (χ2v) is 6.96. The molecule has 5 nitrogen and oxygen atoms in total. The highest BCUT2D eigenvalue weighted by Gasteiger charge is 2.04. The van der Waals surface area contributed by atoms with Crippen LogP contribution in [0.25, 0.3) is 0 Å². The maximum Gasteiger partial charge on any atom is 0.188 e. The van der Waals surface area contributed by atoms with Gasteiger partial charge < -0.3 is 20.5 Å². The predicted octanol–water partition coefficient (Wildman–Crippen LogP) is 3.35. The number of aliphatic imine (C=N–C) groups is 1. The zero-order valence-electron chi connectivity index (χ0n) is 15.6. The zero-order valence-corrected chi connectivity index (χ0v) is 16.4. The van der Waals surface area contributed by atoms with E-state index in [9.17, 15) is 0 Å². The van der Waals surface area contributed by atoms with E-state index in [-0.39, 0.29) is 0 Å². The average Bonchev–Trinajstić information content (AvgIpc) is 2.67.